The Balaban J connectivity index is 3.62. The molecule has 0 amide bonds. The standard InChI is InChI=1S/C7H13IO2/c1-4-6(8)7(9)10-5(2)3/h5-6H,4H2,1-3H3. The maximum absolute atomic E-state index is 11.0. The minimum atomic E-state index is -0.0990. The van der Waals surface area contributed by atoms with Gasteiger partial charge in [0.05, 0.1) is 6.10 Å². The fourth-order valence-electron chi connectivity index (χ4n) is 0.473. The lowest BCUT2D eigenvalue weighted by Gasteiger charge is -2.10. The number of rotatable bonds is 3. The Morgan fingerprint density at radius 3 is 2.40 bits per heavy atom. The molecule has 0 aliphatic carbocycles. The first-order valence-electron chi connectivity index (χ1n) is 3.42. The maximum atomic E-state index is 11.0. The molecule has 0 saturated heterocycles. The molecule has 0 rings (SSSR count). The van der Waals surface area contributed by atoms with Gasteiger partial charge in [-0.25, -0.2) is 0 Å². The molecule has 0 saturated carbocycles. The second-order valence-electron chi connectivity index (χ2n) is 2.36. The van der Waals surface area contributed by atoms with E-state index in [-0.39, 0.29) is 16.0 Å². The molecular formula is C7H13IO2. The lowest BCUT2D eigenvalue weighted by molar-refractivity contribution is -0.146. The van der Waals surface area contributed by atoms with Gasteiger partial charge < -0.3 is 4.74 Å². The third-order valence-electron chi connectivity index (χ3n) is 0.966. The second kappa shape index (κ2) is 4.93. The van der Waals surface area contributed by atoms with Crippen LogP contribution in [0, 0.1) is 0 Å². The summed E-state index contributed by atoms with van der Waals surface area (Å²) in [4.78, 5) is 11.0. The summed E-state index contributed by atoms with van der Waals surface area (Å²) < 4.78 is 4.97. The lowest BCUT2D eigenvalue weighted by Crippen LogP contribution is -2.20. The fraction of sp³-hybridized carbons (Fsp3) is 0.857. The van der Waals surface area contributed by atoms with Crippen molar-refractivity contribution in [3.8, 4) is 0 Å². The van der Waals surface area contributed by atoms with Crippen LogP contribution < -0.4 is 0 Å². The molecule has 60 valence electrons. The molecule has 2 nitrogen and oxygen atoms in total. The van der Waals surface area contributed by atoms with Crippen LogP contribution in [0.3, 0.4) is 0 Å². The molecule has 1 unspecified atom stereocenters. The summed E-state index contributed by atoms with van der Waals surface area (Å²) in [7, 11) is 0. The fourth-order valence-corrected chi connectivity index (χ4v) is 0.620. The number of esters is 1. The Bertz CT molecular complexity index is 112. The number of halogens is 1. The third kappa shape index (κ3) is 4.09. The van der Waals surface area contributed by atoms with Gasteiger partial charge in [-0.3, -0.25) is 4.79 Å². The summed E-state index contributed by atoms with van der Waals surface area (Å²) in [6.07, 6.45) is 0.850. The zero-order valence-corrected chi connectivity index (χ0v) is 8.71. The van der Waals surface area contributed by atoms with Gasteiger partial charge in [0.1, 0.15) is 3.92 Å². The Morgan fingerprint density at radius 1 is 1.60 bits per heavy atom. The number of hydrogen-bond acceptors (Lipinski definition) is 2. The van der Waals surface area contributed by atoms with Crippen molar-refractivity contribution >= 4 is 28.6 Å². The van der Waals surface area contributed by atoms with Crippen LogP contribution in [0.1, 0.15) is 27.2 Å². The largest absolute Gasteiger partial charge is 0.462 e. The zero-order valence-electron chi connectivity index (χ0n) is 6.56. The number of carbonyl (C=O) groups excluding carboxylic acids is 1. The van der Waals surface area contributed by atoms with Crippen molar-refractivity contribution in [3.63, 3.8) is 0 Å². The summed E-state index contributed by atoms with van der Waals surface area (Å²) in [5.74, 6) is -0.0990. The van der Waals surface area contributed by atoms with E-state index in [9.17, 15) is 4.79 Å². The van der Waals surface area contributed by atoms with Crippen LogP contribution >= 0.6 is 22.6 Å². The van der Waals surface area contributed by atoms with Gasteiger partial charge in [-0.2, -0.15) is 0 Å². The number of carbonyl (C=O) groups is 1. The lowest BCUT2D eigenvalue weighted by atomic mass is 10.3. The summed E-state index contributed by atoms with van der Waals surface area (Å²) in [5.41, 5.74) is 0. The predicted octanol–water partition coefficient (Wildman–Crippen LogP) is 2.15. The topological polar surface area (TPSA) is 26.3 Å². The van der Waals surface area contributed by atoms with Crippen molar-refractivity contribution in [3.05, 3.63) is 0 Å². The van der Waals surface area contributed by atoms with Crippen LogP contribution in [0.25, 0.3) is 0 Å². The highest BCUT2D eigenvalue weighted by Crippen LogP contribution is 2.08. The van der Waals surface area contributed by atoms with E-state index in [0.717, 1.165) is 6.42 Å². The molecule has 0 aromatic rings. The molecule has 0 aromatic heterocycles. The van der Waals surface area contributed by atoms with Crippen LogP contribution in [0.4, 0.5) is 0 Å². The van der Waals surface area contributed by atoms with E-state index in [1.165, 1.54) is 0 Å². The van der Waals surface area contributed by atoms with Crippen molar-refractivity contribution in [1.29, 1.82) is 0 Å². The quantitative estimate of drug-likeness (QED) is 0.439. The van der Waals surface area contributed by atoms with Crippen LogP contribution in [-0.4, -0.2) is 16.0 Å². The van der Waals surface area contributed by atoms with Gasteiger partial charge >= 0.3 is 5.97 Å². The second-order valence-corrected chi connectivity index (χ2v) is 3.87. The highest BCUT2D eigenvalue weighted by atomic mass is 127. The summed E-state index contributed by atoms with van der Waals surface area (Å²) in [6, 6.07) is 0. The minimum Gasteiger partial charge on any atom is -0.462 e. The van der Waals surface area contributed by atoms with Crippen LogP contribution in [0.2, 0.25) is 0 Å². The molecule has 0 spiro atoms. The maximum Gasteiger partial charge on any atom is 0.319 e. The Labute approximate surface area is 75.5 Å². The van der Waals surface area contributed by atoms with Crippen molar-refractivity contribution in [2.24, 2.45) is 0 Å². The highest BCUT2D eigenvalue weighted by Gasteiger charge is 2.14. The smallest absolute Gasteiger partial charge is 0.319 e. The van der Waals surface area contributed by atoms with Crippen LogP contribution in [0.5, 0.6) is 0 Å². The van der Waals surface area contributed by atoms with Gasteiger partial charge in [0, 0.05) is 0 Å². The molecule has 0 fully saturated rings. The van der Waals surface area contributed by atoms with Gasteiger partial charge in [-0.1, -0.05) is 29.5 Å². The molecule has 0 bridgehead atoms. The summed E-state index contributed by atoms with van der Waals surface area (Å²) in [6.45, 7) is 5.69. The number of hydrogen-bond donors (Lipinski definition) is 0. The van der Waals surface area contributed by atoms with E-state index in [1.54, 1.807) is 0 Å². The van der Waals surface area contributed by atoms with Crippen molar-refractivity contribution in [2.45, 2.75) is 37.2 Å². The molecule has 1 atom stereocenters. The summed E-state index contributed by atoms with van der Waals surface area (Å²) in [5, 5.41) is 0. The van der Waals surface area contributed by atoms with Gasteiger partial charge in [0.25, 0.3) is 0 Å². The van der Waals surface area contributed by atoms with Crippen LogP contribution in [0.15, 0.2) is 0 Å². The van der Waals surface area contributed by atoms with E-state index in [2.05, 4.69) is 22.6 Å². The molecule has 0 aliphatic heterocycles. The molecule has 3 heteroatoms. The molecule has 10 heavy (non-hydrogen) atoms. The molecule has 0 N–H and O–H groups in total. The third-order valence-corrected chi connectivity index (χ3v) is 2.36. The minimum absolute atomic E-state index is 0.0105. The average Bonchev–Trinajstić information content (AvgIpc) is 1.85. The van der Waals surface area contributed by atoms with E-state index >= 15 is 0 Å². The van der Waals surface area contributed by atoms with E-state index in [4.69, 9.17) is 4.74 Å². The number of ether oxygens (including phenoxy) is 1. The Kier molecular flexibility index (Phi) is 5.03. The first-order chi connectivity index (χ1) is 4.57. The summed E-state index contributed by atoms with van der Waals surface area (Å²) >= 11 is 2.09. The Morgan fingerprint density at radius 2 is 2.10 bits per heavy atom. The zero-order chi connectivity index (χ0) is 8.15. The van der Waals surface area contributed by atoms with E-state index in [1.807, 2.05) is 20.8 Å². The number of alkyl halides is 1. The predicted molar refractivity (Wildman–Crippen MR) is 49.3 cm³/mol. The highest BCUT2D eigenvalue weighted by molar-refractivity contribution is 14.1. The average molecular weight is 256 g/mol. The molecule has 0 aliphatic rings. The molecule has 0 radical (unpaired) electrons. The van der Waals surface area contributed by atoms with Crippen molar-refractivity contribution in [1.82, 2.24) is 0 Å². The first-order valence-corrected chi connectivity index (χ1v) is 4.67. The van der Waals surface area contributed by atoms with Gasteiger partial charge in [-0.05, 0) is 20.3 Å². The molecule has 0 heterocycles. The SMILES string of the molecule is CCC(I)C(=O)OC(C)C. The van der Waals surface area contributed by atoms with Crippen molar-refractivity contribution in [2.75, 3.05) is 0 Å². The van der Waals surface area contributed by atoms with E-state index < -0.39 is 0 Å². The van der Waals surface area contributed by atoms with Gasteiger partial charge in [-0.15, -0.1) is 0 Å². The van der Waals surface area contributed by atoms with Gasteiger partial charge in [0.2, 0.25) is 0 Å². The van der Waals surface area contributed by atoms with E-state index in [0.29, 0.717) is 0 Å². The van der Waals surface area contributed by atoms with Crippen molar-refractivity contribution < 1.29 is 9.53 Å². The molecular weight excluding hydrogens is 243 g/mol. The monoisotopic (exact) mass is 256 g/mol. The first kappa shape index (κ1) is 10.2. The van der Waals surface area contributed by atoms with Gasteiger partial charge in [0.15, 0.2) is 0 Å². The Hall–Kier alpha value is 0.200. The molecule has 0 aromatic carbocycles. The van der Waals surface area contributed by atoms with Crippen LogP contribution in [-0.2, 0) is 9.53 Å². The normalized spacial score (nSPS) is 13.3.